The smallest absolute Gasteiger partial charge is 0.306 e. The fourth-order valence-corrected chi connectivity index (χ4v) is 5.27. The van der Waals surface area contributed by atoms with Gasteiger partial charge in [0.25, 0.3) is 0 Å². The van der Waals surface area contributed by atoms with Gasteiger partial charge in [-0.3, -0.25) is 9.69 Å². The second-order valence-electron chi connectivity index (χ2n) is 9.67. The van der Waals surface area contributed by atoms with E-state index in [1.54, 1.807) is 25.1 Å². The lowest BCUT2D eigenvalue weighted by molar-refractivity contribution is -0.137. The number of alkyl halides is 3. The third-order valence-electron chi connectivity index (χ3n) is 6.49. The third kappa shape index (κ3) is 6.20. The SMILES string of the molecule is CCCc1ccc(C)cc1N1C(=O)CS/C1=N\C(=O)Nc1ccc(-c2ncn(-c3ccc(C(F)(F)F)cn3)n2)cc1C. The predicted octanol–water partition coefficient (Wildman–Crippen LogP) is 6.59. The van der Waals surface area contributed by atoms with Gasteiger partial charge in [0.15, 0.2) is 16.8 Å². The second-order valence-corrected chi connectivity index (χ2v) is 10.6. The Kier molecular flexibility index (Phi) is 8.12. The van der Waals surface area contributed by atoms with E-state index in [4.69, 9.17) is 0 Å². The maximum atomic E-state index is 12.9. The molecule has 9 nitrogen and oxygen atoms in total. The molecule has 1 aliphatic heterocycles. The zero-order valence-electron chi connectivity index (χ0n) is 22.9. The number of carbonyl (C=O) groups is 2. The van der Waals surface area contributed by atoms with Gasteiger partial charge in [0.1, 0.15) is 6.33 Å². The number of anilines is 2. The number of nitrogens with zero attached hydrogens (tertiary/aromatic N) is 6. The van der Waals surface area contributed by atoms with Crippen LogP contribution in [0.3, 0.4) is 0 Å². The predicted molar refractivity (Wildman–Crippen MR) is 156 cm³/mol. The molecule has 216 valence electrons. The number of urea groups is 1. The minimum Gasteiger partial charge on any atom is -0.306 e. The zero-order valence-corrected chi connectivity index (χ0v) is 23.8. The number of pyridine rings is 1. The number of amidine groups is 1. The van der Waals surface area contributed by atoms with Gasteiger partial charge in [-0.15, -0.1) is 5.10 Å². The molecule has 13 heteroatoms. The number of carbonyl (C=O) groups excluding carboxylic acids is 2. The molecule has 1 N–H and O–H groups in total. The molecule has 1 fully saturated rings. The van der Waals surface area contributed by atoms with Crippen molar-refractivity contribution in [1.29, 1.82) is 0 Å². The first-order valence-corrected chi connectivity index (χ1v) is 14.0. The van der Waals surface area contributed by atoms with E-state index in [9.17, 15) is 22.8 Å². The number of amides is 3. The fourth-order valence-electron chi connectivity index (χ4n) is 4.41. The number of aliphatic imine (C=N–C) groups is 1. The number of nitrogens with one attached hydrogen (secondary N) is 1. The molecular weight excluding hydrogens is 567 g/mol. The molecule has 3 amide bonds. The number of halogens is 3. The van der Waals surface area contributed by atoms with Crippen molar-refractivity contribution in [2.75, 3.05) is 16.0 Å². The van der Waals surface area contributed by atoms with Crippen LogP contribution in [-0.2, 0) is 17.4 Å². The maximum absolute atomic E-state index is 12.9. The van der Waals surface area contributed by atoms with Crippen molar-refractivity contribution in [3.8, 4) is 17.2 Å². The number of hydrogen-bond acceptors (Lipinski definition) is 6. The molecule has 1 aliphatic rings. The molecule has 5 rings (SSSR count). The van der Waals surface area contributed by atoms with Crippen molar-refractivity contribution < 1.29 is 22.8 Å². The highest BCUT2D eigenvalue weighted by Crippen LogP contribution is 2.32. The van der Waals surface area contributed by atoms with E-state index in [0.29, 0.717) is 27.8 Å². The monoisotopic (exact) mass is 593 g/mol. The summed E-state index contributed by atoms with van der Waals surface area (Å²) in [7, 11) is 0. The molecule has 0 aliphatic carbocycles. The van der Waals surface area contributed by atoms with Crippen molar-refractivity contribution in [2.24, 2.45) is 4.99 Å². The highest BCUT2D eigenvalue weighted by molar-refractivity contribution is 8.15. The van der Waals surface area contributed by atoms with Crippen molar-refractivity contribution in [3.63, 3.8) is 0 Å². The van der Waals surface area contributed by atoms with Crippen LogP contribution >= 0.6 is 11.8 Å². The van der Waals surface area contributed by atoms with E-state index in [1.165, 1.54) is 33.7 Å². The molecule has 4 aromatic rings. The van der Waals surface area contributed by atoms with Crippen LogP contribution in [0.5, 0.6) is 0 Å². The third-order valence-corrected chi connectivity index (χ3v) is 7.41. The molecule has 0 unspecified atom stereocenters. The van der Waals surface area contributed by atoms with Gasteiger partial charge >= 0.3 is 12.2 Å². The van der Waals surface area contributed by atoms with Crippen LogP contribution in [0.15, 0.2) is 66.0 Å². The number of aromatic nitrogens is 4. The lowest BCUT2D eigenvalue weighted by Gasteiger charge is -2.20. The molecule has 0 saturated carbocycles. The molecule has 0 spiro atoms. The quantitative estimate of drug-likeness (QED) is 0.271. The first-order chi connectivity index (χ1) is 20.0. The Morgan fingerprint density at radius 1 is 1.10 bits per heavy atom. The summed E-state index contributed by atoms with van der Waals surface area (Å²) < 4.78 is 39.8. The Labute approximate surface area is 243 Å². The minimum atomic E-state index is -4.48. The van der Waals surface area contributed by atoms with E-state index in [-0.39, 0.29) is 17.5 Å². The number of rotatable bonds is 6. The molecule has 2 aromatic carbocycles. The van der Waals surface area contributed by atoms with E-state index >= 15 is 0 Å². The van der Waals surface area contributed by atoms with Gasteiger partial charge in [-0.1, -0.05) is 37.2 Å². The van der Waals surface area contributed by atoms with Crippen LogP contribution in [0.25, 0.3) is 17.2 Å². The molecule has 42 heavy (non-hydrogen) atoms. The maximum Gasteiger partial charge on any atom is 0.417 e. The van der Waals surface area contributed by atoms with E-state index in [2.05, 4.69) is 32.3 Å². The van der Waals surface area contributed by atoms with Gasteiger partial charge in [-0.25, -0.2) is 19.4 Å². The second kappa shape index (κ2) is 11.8. The van der Waals surface area contributed by atoms with Gasteiger partial charge in [0, 0.05) is 17.4 Å². The largest absolute Gasteiger partial charge is 0.417 e. The van der Waals surface area contributed by atoms with Gasteiger partial charge < -0.3 is 5.32 Å². The summed E-state index contributed by atoms with van der Waals surface area (Å²) >= 11 is 1.22. The average Bonchev–Trinajstić information content (AvgIpc) is 3.58. The molecule has 1 saturated heterocycles. The summed E-state index contributed by atoms with van der Waals surface area (Å²) in [6, 6.07) is 12.6. The molecule has 0 radical (unpaired) electrons. The van der Waals surface area contributed by atoms with Crippen molar-refractivity contribution >= 4 is 40.2 Å². The standard InChI is InChI=1S/C29H26F3N7O2S/c1-4-5-19-7-6-17(2)12-23(19)39-25(40)15-42-28(39)36-27(41)35-22-10-8-20(13-18(22)3)26-34-16-38(37-26)24-11-9-21(14-33-24)29(30,31)32/h6-14,16H,4-5,15H2,1-3H3,(H,35,41)/b36-28-. The van der Waals surface area contributed by atoms with Gasteiger partial charge in [-0.05, 0) is 73.4 Å². The van der Waals surface area contributed by atoms with E-state index in [0.717, 1.165) is 41.9 Å². The Morgan fingerprint density at radius 3 is 2.60 bits per heavy atom. The van der Waals surface area contributed by atoms with Gasteiger partial charge in [-0.2, -0.15) is 18.2 Å². The molecular formula is C29H26F3N7O2S. The van der Waals surface area contributed by atoms with Gasteiger partial charge in [0.05, 0.1) is 17.0 Å². The lowest BCUT2D eigenvalue weighted by atomic mass is 10.0. The first-order valence-electron chi connectivity index (χ1n) is 13.0. The van der Waals surface area contributed by atoms with Crippen molar-refractivity contribution in [3.05, 3.63) is 83.3 Å². The zero-order chi connectivity index (χ0) is 30.0. The number of hydrogen-bond donors (Lipinski definition) is 1. The normalized spacial score (nSPS) is 14.6. The summed E-state index contributed by atoms with van der Waals surface area (Å²) in [6.07, 6.45) is -0.672. The number of thioether (sulfide) groups is 1. The Balaban J connectivity index is 1.32. The summed E-state index contributed by atoms with van der Waals surface area (Å²) in [4.78, 5) is 39.5. The van der Waals surface area contributed by atoms with Crippen molar-refractivity contribution in [2.45, 2.75) is 39.8 Å². The molecule has 3 heterocycles. The van der Waals surface area contributed by atoms with Crippen LogP contribution < -0.4 is 10.2 Å². The molecule has 2 aromatic heterocycles. The van der Waals surface area contributed by atoms with Crippen LogP contribution in [0.4, 0.5) is 29.3 Å². The summed E-state index contributed by atoms with van der Waals surface area (Å²) in [5.41, 5.74) is 3.77. The Hall–Kier alpha value is -4.52. The summed E-state index contributed by atoms with van der Waals surface area (Å²) in [6.45, 7) is 5.82. The summed E-state index contributed by atoms with van der Waals surface area (Å²) in [5, 5.41) is 7.42. The number of aryl methyl sites for hydroxylation is 3. The van der Waals surface area contributed by atoms with Crippen LogP contribution in [-0.4, -0.2) is 42.6 Å². The topological polar surface area (TPSA) is 105 Å². The Bertz CT molecular complexity index is 1680. The van der Waals surface area contributed by atoms with Crippen molar-refractivity contribution in [1.82, 2.24) is 19.7 Å². The summed E-state index contributed by atoms with van der Waals surface area (Å²) in [5.74, 6) is 0.580. The van der Waals surface area contributed by atoms with Crippen LogP contribution in [0.1, 0.15) is 35.6 Å². The fraction of sp³-hybridized carbons (Fsp3) is 0.241. The first kappa shape index (κ1) is 29.0. The van der Waals surface area contributed by atoms with Crippen LogP contribution in [0, 0.1) is 13.8 Å². The highest BCUT2D eigenvalue weighted by atomic mass is 32.2. The van der Waals surface area contributed by atoms with E-state index < -0.39 is 17.8 Å². The Morgan fingerprint density at radius 2 is 1.90 bits per heavy atom. The van der Waals surface area contributed by atoms with Crippen LogP contribution in [0.2, 0.25) is 0 Å². The highest BCUT2D eigenvalue weighted by Gasteiger charge is 2.32. The van der Waals surface area contributed by atoms with Gasteiger partial charge in [0.2, 0.25) is 5.91 Å². The molecule has 0 bridgehead atoms. The number of benzene rings is 2. The lowest BCUT2D eigenvalue weighted by Crippen LogP contribution is -2.31. The average molecular weight is 594 g/mol. The minimum absolute atomic E-state index is 0.131. The van der Waals surface area contributed by atoms with E-state index in [1.807, 2.05) is 25.1 Å². The molecule has 0 atom stereocenters.